The first-order valence-electron chi connectivity index (χ1n) is 12.9. The Bertz CT molecular complexity index is 1660. The number of aromatic nitrogens is 5. The second kappa shape index (κ2) is 11.5. The third kappa shape index (κ3) is 5.92. The minimum atomic E-state index is -0.293. The van der Waals surface area contributed by atoms with E-state index in [1.807, 2.05) is 37.3 Å². The topological polar surface area (TPSA) is 79.7 Å². The van der Waals surface area contributed by atoms with Crippen LogP contribution in [0.4, 0.5) is 4.39 Å². The molecule has 0 aliphatic rings. The Morgan fingerprint density at radius 1 is 1.03 bits per heavy atom. The van der Waals surface area contributed by atoms with E-state index in [-0.39, 0.29) is 17.4 Å². The SMILES string of the molecule is CC[C@H](c1nnnn1Cc1ccc(F)cc1)N(Cc1ccccc1Cl)Cc1cc2cc(C)cc(C)c2[nH]c1=O. The van der Waals surface area contributed by atoms with Gasteiger partial charge in [0.15, 0.2) is 5.82 Å². The van der Waals surface area contributed by atoms with Crippen LogP contribution in [0.1, 0.15) is 53.0 Å². The number of rotatable bonds is 9. The molecule has 5 aromatic rings. The van der Waals surface area contributed by atoms with Gasteiger partial charge in [-0.3, -0.25) is 9.69 Å². The number of aryl methyl sites for hydroxylation is 2. The Hall–Kier alpha value is -3.88. The predicted octanol–water partition coefficient (Wildman–Crippen LogP) is 6.13. The molecule has 200 valence electrons. The number of benzene rings is 3. The molecular weight excluding hydrogens is 515 g/mol. The fraction of sp³-hybridized carbons (Fsp3) is 0.267. The third-order valence-electron chi connectivity index (χ3n) is 7.01. The standard InChI is InChI=1S/C30H30ClFN6O/c1-4-27(29-34-35-36-38(29)16-21-9-11-25(32)12-10-21)37(17-22-7-5-6-8-26(22)31)18-24-15-23-14-19(2)13-20(3)28(23)33-30(24)39/h5-15,27H,4,16-18H2,1-3H3,(H,33,39)/t27-/m1/s1. The number of fused-ring (bicyclic) bond motifs is 1. The zero-order valence-electron chi connectivity index (χ0n) is 22.2. The van der Waals surface area contributed by atoms with Crippen LogP contribution in [0.25, 0.3) is 10.9 Å². The van der Waals surface area contributed by atoms with Crippen molar-refractivity contribution in [2.75, 3.05) is 0 Å². The number of pyridine rings is 1. The summed E-state index contributed by atoms with van der Waals surface area (Å²) < 4.78 is 15.2. The maximum Gasteiger partial charge on any atom is 0.252 e. The maximum absolute atomic E-state index is 13.5. The van der Waals surface area contributed by atoms with Gasteiger partial charge in [0, 0.05) is 23.7 Å². The van der Waals surface area contributed by atoms with Gasteiger partial charge in [-0.05, 0) is 83.1 Å². The molecule has 1 atom stereocenters. The quantitative estimate of drug-likeness (QED) is 0.241. The number of hydrogen-bond donors (Lipinski definition) is 1. The zero-order valence-corrected chi connectivity index (χ0v) is 22.9. The number of tetrazole rings is 1. The van der Waals surface area contributed by atoms with Gasteiger partial charge in [0.25, 0.3) is 5.56 Å². The van der Waals surface area contributed by atoms with Gasteiger partial charge in [0.2, 0.25) is 0 Å². The first-order chi connectivity index (χ1) is 18.8. The highest BCUT2D eigenvalue weighted by Crippen LogP contribution is 2.29. The van der Waals surface area contributed by atoms with Gasteiger partial charge in [-0.2, -0.15) is 0 Å². The minimum Gasteiger partial charge on any atom is -0.321 e. The van der Waals surface area contributed by atoms with E-state index in [1.54, 1.807) is 16.8 Å². The molecule has 0 fully saturated rings. The summed E-state index contributed by atoms with van der Waals surface area (Å²) in [4.78, 5) is 18.6. The lowest BCUT2D eigenvalue weighted by molar-refractivity contribution is 0.161. The van der Waals surface area contributed by atoms with E-state index >= 15 is 0 Å². The van der Waals surface area contributed by atoms with Crippen molar-refractivity contribution in [3.05, 3.63) is 122 Å². The molecule has 0 amide bonds. The summed E-state index contributed by atoms with van der Waals surface area (Å²) in [5.41, 5.74) is 5.37. The smallest absolute Gasteiger partial charge is 0.252 e. The fourth-order valence-corrected chi connectivity index (χ4v) is 5.32. The van der Waals surface area contributed by atoms with Crippen LogP contribution in [0, 0.1) is 19.7 Å². The van der Waals surface area contributed by atoms with Crippen molar-refractivity contribution in [2.45, 2.75) is 52.9 Å². The highest BCUT2D eigenvalue weighted by Gasteiger charge is 2.27. The lowest BCUT2D eigenvalue weighted by Crippen LogP contribution is -2.32. The van der Waals surface area contributed by atoms with E-state index in [4.69, 9.17) is 11.6 Å². The number of hydrogen-bond acceptors (Lipinski definition) is 5. The molecule has 2 heterocycles. The average Bonchev–Trinajstić information content (AvgIpc) is 3.35. The van der Waals surface area contributed by atoms with Crippen LogP contribution < -0.4 is 5.56 Å². The molecule has 2 aromatic heterocycles. The summed E-state index contributed by atoms with van der Waals surface area (Å²) in [6, 6.07) is 19.9. The molecule has 7 nitrogen and oxygen atoms in total. The number of nitrogens with zero attached hydrogens (tertiary/aromatic N) is 5. The summed E-state index contributed by atoms with van der Waals surface area (Å²) in [6.07, 6.45) is 0.692. The van der Waals surface area contributed by atoms with Crippen LogP contribution in [0.15, 0.2) is 71.5 Å². The minimum absolute atomic E-state index is 0.126. The summed E-state index contributed by atoms with van der Waals surface area (Å²) in [6.45, 7) is 7.38. The van der Waals surface area contributed by atoms with Crippen molar-refractivity contribution in [2.24, 2.45) is 0 Å². The van der Waals surface area contributed by atoms with Crippen LogP contribution >= 0.6 is 11.6 Å². The largest absolute Gasteiger partial charge is 0.321 e. The normalized spacial score (nSPS) is 12.4. The van der Waals surface area contributed by atoms with Crippen LogP contribution in [0.5, 0.6) is 0 Å². The van der Waals surface area contributed by atoms with Gasteiger partial charge in [-0.15, -0.1) is 5.10 Å². The Morgan fingerprint density at radius 3 is 2.51 bits per heavy atom. The second-order valence-corrected chi connectivity index (χ2v) is 10.3. The monoisotopic (exact) mass is 544 g/mol. The van der Waals surface area contributed by atoms with E-state index in [2.05, 4.69) is 51.4 Å². The fourth-order valence-electron chi connectivity index (χ4n) is 5.12. The van der Waals surface area contributed by atoms with Gasteiger partial charge in [0.1, 0.15) is 5.82 Å². The molecular formula is C30H30ClFN6O. The van der Waals surface area contributed by atoms with Crippen molar-refractivity contribution in [1.29, 1.82) is 0 Å². The Morgan fingerprint density at radius 2 is 1.77 bits per heavy atom. The number of nitrogens with one attached hydrogen (secondary N) is 1. The molecule has 0 bridgehead atoms. The van der Waals surface area contributed by atoms with Gasteiger partial charge in [-0.25, -0.2) is 9.07 Å². The van der Waals surface area contributed by atoms with Crippen molar-refractivity contribution in [3.63, 3.8) is 0 Å². The number of H-pyrrole nitrogens is 1. The molecule has 0 unspecified atom stereocenters. The molecule has 1 N–H and O–H groups in total. The molecule has 0 radical (unpaired) electrons. The van der Waals surface area contributed by atoms with Crippen molar-refractivity contribution < 1.29 is 4.39 Å². The van der Waals surface area contributed by atoms with E-state index in [0.29, 0.717) is 42.5 Å². The maximum atomic E-state index is 13.5. The molecule has 9 heteroatoms. The van der Waals surface area contributed by atoms with Gasteiger partial charge >= 0.3 is 0 Å². The second-order valence-electron chi connectivity index (χ2n) is 9.91. The van der Waals surface area contributed by atoms with Gasteiger partial charge in [-0.1, -0.05) is 60.5 Å². The average molecular weight is 545 g/mol. The van der Waals surface area contributed by atoms with E-state index in [9.17, 15) is 9.18 Å². The summed E-state index contributed by atoms with van der Waals surface area (Å²) in [7, 11) is 0. The summed E-state index contributed by atoms with van der Waals surface area (Å²) in [5, 5.41) is 14.2. The molecule has 0 aliphatic carbocycles. The van der Waals surface area contributed by atoms with Gasteiger partial charge in [0.05, 0.1) is 18.1 Å². The Labute approximate surface area is 231 Å². The van der Waals surface area contributed by atoms with E-state index in [0.717, 1.165) is 33.2 Å². The Balaban J connectivity index is 1.54. The Kier molecular flexibility index (Phi) is 7.86. The molecule has 0 saturated heterocycles. The van der Waals surface area contributed by atoms with Gasteiger partial charge < -0.3 is 4.98 Å². The lowest BCUT2D eigenvalue weighted by Gasteiger charge is -2.30. The highest BCUT2D eigenvalue weighted by molar-refractivity contribution is 6.31. The molecule has 3 aromatic carbocycles. The summed E-state index contributed by atoms with van der Waals surface area (Å²) in [5.74, 6) is 0.372. The van der Waals surface area contributed by atoms with E-state index < -0.39 is 0 Å². The first kappa shape index (κ1) is 26.7. The van der Waals surface area contributed by atoms with E-state index in [1.165, 1.54) is 12.1 Å². The zero-order chi connectivity index (χ0) is 27.5. The van der Waals surface area contributed by atoms with Crippen LogP contribution in [0.2, 0.25) is 5.02 Å². The number of aromatic amines is 1. The predicted molar refractivity (Wildman–Crippen MR) is 151 cm³/mol. The molecule has 0 saturated carbocycles. The molecule has 0 aliphatic heterocycles. The third-order valence-corrected chi connectivity index (χ3v) is 7.37. The highest BCUT2D eigenvalue weighted by atomic mass is 35.5. The van der Waals surface area contributed by atoms with Crippen LogP contribution in [0.3, 0.4) is 0 Å². The van der Waals surface area contributed by atoms with Crippen LogP contribution in [-0.4, -0.2) is 30.1 Å². The van der Waals surface area contributed by atoms with Crippen molar-refractivity contribution >= 4 is 22.5 Å². The molecule has 0 spiro atoms. The summed E-state index contributed by atoms with van der Waals surface area (Å²) >= 11 is 6.57. The number of halogens is 2. The van der Waals surface area contributed by atoms with Crippen molar-refractivity contribution in [1.82, 2.24) is 30.1 Å². The first-order valence-corrected chi connectivity index (χ1v) is 13.3. The molecule has 5 rings (SSSR count). The van der Waals surface area contributed by atoms with Crippen LogP contribution in [-0.2, 0) is 19.6 Å². The lowest BCUT2D eigenvalue weighted by atomic mass is 10.0. The molecule has 39 heavy (non-hydrogen) atoms. The van der Waals surface area contributed by atoms with Crippen molar-refractivity contribution in [3.8, 4) is 0 Å².